The molecule has 2 rings (SSSR count). The predicted molar refractivity (Wildman–Crippen MR) is 78.8 cm³/mol. The van der Waals surface area contributed by atoms with Crippen molar-refractivity contribution in [2.75, 3.05) is 0 Å². The Hall–Kier alpha value is -1.35. The summed E-state index contributed by atoms with van der Waals surface area (Å²) < 4.78 is 0. The molecule has 1 aliphatic carbocycles. The standard InChI is InChI=1S/C17H24O3/c1-2-3-4-12-5-7-13(8-6-12)17-14(11-16(19)20)9-10-15(17)18/h5-8,14-15,17-18H,2-4,9-11H2,1H3,(H,19,20). The number of aliphatic hydroxyl groups is 1. The van der Waals surface area contributed by atoms with Gasteiger partial charge in [0.2, 0.25) is 0 Å². The SMILES string of the molecule is CCCCc1ccc(C2C(O)CCC2CC(=O)O)cc1. The van der Waals surface area contributed by atoms with Crippen LogP contribution in [0.15, 0.2) is 24.3 Å². The van der Waals surface area contributed by atoms with Crippen molar-refractivity contribution >= 4 is 5.97 Å². The molecule has 1 fully saturated rings. The normalized spacial score (nSPS) is 25.8. The van der Waals surface area contributed by atoms with Crippen LogP contribution in [0, 0.1) is 5.92 Å². The Balaban J connectivity index is 2.09. The Morgan fingerprint density at radius 1 is 1.25 bits per heavy atom. The van der Waals surface area contributed by atoms with Gasteiger partial charge in [-0.15, -0.1) is 0 Å². The van der Waals surface area contributed by atoms with Crippen LogP contribution in [0.3, 0.4) is 0 Å². The number of aliphatic hydroxyl groups excluding tert-OH is 1. The first-order chi connectivity index (χ1) is 9.61. The minimum Gasteiger partial charge on any atom is -0.481 e. The third-order valence-corrected chi connectivity index (χ3v) is 4.38. The second kappa shape index (κ2) is 6.89. The molecule has 0 spiro atoms. The minimum absolute atomic E-state index is 0.0219. The van der Waals surface area contributed by atoms with Crippen molar-refractivity contribution in [3.05, 3.63) is 35.4 Å². The van der Waals surface area contributed by atoms with Crippen LogP contribution >= 0.6 is 0 Å². The molecule has 110 valence electrons. The van der Waals surface area contributed by atoms with Crippen molar-refractivity contribution in [1.29, 1.82) is 0 Å². The largest absolute Gasteiger partial charge is 0.481 e. The van der Waals surface area contributed by atoms with Crippen molar-refractivity contribution in [1.82, 2.24) is 0 Å². The average molecular weight is 276 g/mol. The van der Waals surface area contributed by atoms with Crippen LogP contribution in [0.25, 0.3) is 0 Å². The van der Waals surface area contributed by atoms with Gasteiger partial charge in [-0.3, -0.25) is 4.79 Å². The van der Waals surface area contributed by atoms with Crippen LogP contribution < -0.4 is 0 Å². The number of unbranched alkanes of at least 4 members (excludes halogenated alkanes) is 1. The summed E-state index contributed by atoms with van der Waals surface area (Å²) in [5, 5.41) is 19.1. The maximum Gasteiger partial charge on any atom is 0.303 e. The van der Waals surface area contributed by atoms with Gasteiger partial charge in [-0.05, 0) is 42.7 Å². The summed E-state index contributed by atoms with van der Waals surface area (Å²) >= 11 is 0. The Bertz CT molecular complexity index is 438. The van der Waals surface area contributed by atoms with Gasteiger partial charge in [0, 0.05) is 12.3 Å². The van der Waals surface area contributed by atoms with Crippen molar-refractivity contribution in [2.24, 2.45) is 5.92 Å². The van der Waals surface area contributed by atoms with E-state index in [1.54, 1.807) is 0 Å². The lowest BCUT2D eigenvalue weighted by Crippen LogP contribution is -2.19. The molecule has 1 aromatic rings. The van der Waals surface area contributed by atoms with Crippen LogP contribution in [0.2, 0.25) is 0 Å². The Morgan fingerprint density at radius 2 is 1.95 bits per heavy atom. The maximum absolute atomic E-state index is 10.9. The van der Waals surface area contributed by atoms with E-state index in [0.29, 0.717) is 6.42 Å². The lowest BCUT2D eigenvalue weighted by molar-refractivity contribution is -0.138. The van der Waals surface area contributed by atoms with E-state index in [4.69, 9.17) is 5.11 Å². The molecule has 0 bridgehead atoms. The van der Waals surface area contributed by atoms with E-state index in [1.807, 2.05) is 0 Å². The lowest BCUT2D eigenvalue weighted by Gasteiger charge is -2.21. The highest BCUT2D eigenvalue weighted by Crippen LogP contribution is 2.41. The van der Waals surface area contributed by atoms with Crippen molar-refractivity contribution < 1.29 is 15.0 Å². The van der Waals surface area contributed by atoms with Gasteiger partial charge in [-0.1, -0.05) is 37.6 Å². The molecule has 0 aliphatic heterocycles. The molecule has 1 aliphatic rings. The topological polar surface area (TPSA) is 57.5 Å². The number of carbonyl (C=O) groups is 1. The van der Waals surface area contributed by atoms with Gasteiger partial charge in [0.25, 0.3) is 0 Å². The number of carboxylic acids is 1. The van der Waals surface area contributed by atoms with Crippen molar-refractivity contribution in [3.8, 4) is 0 Å². The minimum atomic E-state index is -0.770. The first-order valence-electron chi connectivity index (χ1n) is 7.60. The second-order valence-corrected chi connectivity index (χ2v) is 5.87. The summed E-state index contributed by atoms with van der Waals surface area (Å²) in [5.41, 5.74) is 2.40. The number of carboxylic acid groups (broad SMARTS) is 1. The molecular weight excluding hydrogens is 252 g/mol. The predicted octanol–water partition coefficient (Wildman–Crippen LogP) is 3.36. The van der Waals surface area contributed by atoms with Gasteiger partial charge in [0.1, 0.15) is 0 Å². The van der Waals surface area contributed by atoms with Gasteiger partial charge in [-0.25, -0.2) is 0 Å². The monoisotopic (exact) mass is 276 g/mol. The van der Waals surface area contributed by atoms with Crippen LogP contribution in [0.5, 0.6) is 0 Å². The number of aryl methyl sites for hydroxylation is 1. The van der Waals surface area contributed by atoms with Gasteiger partial charge >= 0.3 is 5.97 Å². The Kier molecular flexibility index (Phi) is 5.18. The zero-order valence-electron chi connectivity index (χ0n) is 12.1. The molecule has 1 aromatic carbocycles. The van der Waals surface area contributed by atoms with E-state index >= 15 is 0 Å². The summed E-state index contributed by atoms with van der Waals surface area (Å²) in [6.07, 6.45) is 4.72. The zero-order valence-corrected chi connectivity index (χ0v) is 12.1. The molecular formula is C17H24O3. The lowest BCUT2D eigenvalue weighted by atomic mass is 9.85. The van der Waals surface area contributed by atoms with Crippen LogP contribution in [0.1, 0.15) is 56.1 Å². The first kappa shape index (κ1) is 15.0. The molecule has 0 aromatic heterocycles. The number of benzene rings is 1. The molecule has 0 radical (unpaired) electrons. The van der Waals surface area contributed by atoms with Crippen molar-refractivity contribution in [3.63, 3.8) is 0 Å². The molecule has 20 heavy (non-hydrogen) atoms. The van der Waals surface area contributed by atoms with E-state index < -0.39 is 12.1 Å². The Labute approximate surface area is 120 Å². The number of aliphatic carboxylic acids is 1. The maximum atomic E-state index is 10.9. The molecule has 0 amide bonds. The van der Waals surface area contributed by atoms with Crippen LogP contribution in [-0.4, -0.2) is 22.3 Å². The quantitative estimate of drug-likeness (QED) is 0.837. The molecule has 3 nitrogen and oxygen atoms in total. The molecule has 1 saturated carbocycles. The van der Waals surface area contributed by atoms with Gasteiger partial charge in [0.05, 0.1) is 6.10 Å². The van der Waals surface area contributed by atoms with Gasteiger partial charge in [0.15, 0.2) is 0 Å². The first-order valence-corrected chi connectivity index (χ1v) is 7.60. The van der Waals surface area contributed by atoms with E-state index in [2.05, 4.69) is 31.2 Å². The van der Waals surface area contributed by atoms with E-state index in [9.17, 15) is 9.90 Å². The zero-order chi connectivity index (χ0) is 14.5. The van der Waals surface area contributed by atoms with E-state index in [1.165, 1.54) is 18.4 Å². The highest BCUT2D eigenvalue weighted by molar-refractivity contribution is 5.67. The number of hydrogen-bond acceptors (Lipinski definition) is 2. The summed E-state index contributed by atoms with van der Waals surface area (Å²) in [6.45, 7) is 2.18. The third kappa shape index (κ3) is 3.60. The number of hydrogen-bond donors (Lipinski definition) is 2. The van der Waals surface area contributed by atoms with E-state index in [0.717, 1.165) is 18.4 Å². The van der Waals surface area contributed by atoms with Gasteiger partial charge in [-0.2, -0.15) is 0 Å². The van der Waals surface area contributed by atoms with E-state index in [-0.39, 0.29) is 18.3 Å². The highest BCUT2D eigenvalue weighted by Gasteiger charge is 2.36. The van der Waals surface area contributed by atoms with Gasteiger partial charge < -0.3 is 10.2 Å². The highest BCUT2D eigenvalue weighted by atomic mass is 16.4. The molecule has 0 saturated heterocycles. The fourth-order valence-corrected chi connectivity index (χ4v) is 3.29. The molecule has 3 unspecified atom stereocenters. The summed E-state index contributed by atoms with van der Waals surface area (Å²) in [4.78, 5) is 10.9. The molecule has 2 N–H and O–H groups in total. The molecule has 0 heterocycles. The summed E-state index contributed by atoms with van der Waals surface area (Å²) in [6, 6.07) is 8.37. The van der Waals surface area contributed by atoms with Crippen molar-refractivity contribution in [2.45, 2.75) is 57.5 Å². The smallest absolute Gasteiger partial charge is 0.303 e. The fraction of sp³-hybridized carbons (Fsp3) is 0.588. The number of rotatable bonds is 6. The van der Waals surface area contributed by atoms with Crippen LogP contribution in [0.4, 0.5) is 0 Å². The molecule has 3 heteroatoms. The third-order valence-electron chi connectivity index (χ3n) is 4.38. The Morgan fingerprint density at radius 3 is 2.55 bits per heavy atom. The average Bonchev–Trinajstić information content (AvgIpc) is 2.77. The molecule has 3 atom stereocenters. The summed E-state index contributed by atoms with van der Waals surface area (Å²) in [5.74, 6) is -0.732. The van der Waals surface area contributed by atoms with Crippen LogP contribution in [-0.2, 0) is 11.2 Å². The second-order valence-electron chi connectivity index (χ2n) is 5.87. The summed E-state index contributed by atoms with van der Waals surface area (Å²) in [7, 11) is 0. The fourth-order valence-electron chi connectivity index (χ4n) is 3.29.